The molecule has 2 aliphatic rings. The van der Waals surface area contributed by atoms with Crippen molar-refractivity contribution >= 4 is 0 Å². The van der Waals surface area contributed by atoms with Crippen molar-refractivity contribution in [2.24, 2.45) is 17.8 Å². The Morgan fingerprint density at radius 2 is 0.948 bits per heavy atom. The number of aryl methyl sites for hydroxylation is 1. The van der Waals surface area contributed by atoms with Gasteiger partial charge in [-0.3, -0.25) is 0 Å². The first-order chi connectivity index (χ1) is 27.0. The van der Waals surface area contributed by atoms with Gasteiger partial charge in [0.25, 0.3) is 0 Å². The van der Waals surface area contributed by atoms with Crippen LogP contribution in [0.1, 0.15) is 217 Å². The summed E-state index contributed by atoms with van der Waals surface area (Å²) < 4.78 is 0. The van der Waals surface area contributed by atoms with Crippen LogP contribution >= 0.6 is 0 Å². The summed E-state index contributed by atoms with van der Waals surface area (Å²) in [5, 5.41) is 0. The van der Waals surface area contributed by atoms with Gasteiger partial charge in [0.1, 0.15) is 5.82 Å². The van der Waals surface area contributed by atoms with E-state index in [1.54, 1.807) is 17.3 Å². The van der Waals surface area contributed by atoms with Crippen molar-refractivity contribution in [3.05, 3.63) is 90.5 Å². The Labute approximate surface area is 362 Å². The van der Waals surface area contributed by atoms with E-state index in [2.05, 4.69) is 153 Å². The van der Waals surface area contributed by atoms with E-state index in [0.717, 1.165) is 35.3 Å². The third kappa shape index (κ3) is 17.6. The van der Waals surface area contributed by atoms with E-state index in [4.69, 9.17) is 0 Å². The molecule has 1 aliphatic heterocycles. The van der Waals surface area contributed by atoms with Crippen LogP contribution in [0.5, 0.6) is 0 Å². The van der Waals surface area contributed by atoms with Gasteiger partial charge in [0.15, 0.2) is 0 Å². The van der Waals surface area contributed by atoms with Crippen LogP contribution in [0, 0.1) is 93.9 Å². The molecule has 58 heavy (non-hydrogen) atoms. The summed E-state index contributed by atoms with van der Waals surface area (Å²) in [5.41, 5.74) is 19.0. The Morgan fingerprint density at radius 1 is 0.517 bits per heavy atom. The minimum absolute atomic E-state index is 0.430. The minimum Gasteiger partial charge on any atom is -0.301 e. The number of likely N-dealkylation sites (tertiary alicyclic amines) is 1. The maximum atomic E-state index is 4.26. The second-order valence-corrected chi connectivity index (χ2v) is 19.9. The Hall–Kier alpha value is -2.52. The third-order valence-electron chi connectivity index (χ3n) is 13.4. The summed E-state index contributed by atoms with van der Waals surface area (Å²) in [6, 6.07) is 2.68. The molecule has 1 saturated heterocycles. The number of hydrogen-bond donors (Lipinski definition) is 0. The van der Waals surface area contributed by atoms with E-state index in [0.29, 0.717) is 11.8 Å². The number of aromatic nitrogens is 2. The standard InChI is InChI=1S/C15H24.C14H22.C10H20.C8H12N2.C8H17N/c1-9(2)8-15-13(6)11(4)10(3)12(5)14(15)7;1-8(2)14-12(6)10(4)9(3)11(5)13(14)7;1-9(2)8-10-6-4-3-5-7-10;1-6(2)8-9-5-4-7(3)10-8;1-8(2)9-6-4-3-5-7-9/h9H,8H2,1-7H3;8H,1-7H3;9-10H,3-8H2,1-2H3;4-6H,1-3H3;8H,3-7H2,1-2H3. The van der Waals surface area contributed by atoms with Crippen molar-refractivity contribution in [1.29, 1.82) is 0 Å². The SMILES string of the molecule is CC(C)CC1CCCCC1.CC(C)N1CCCCC1.Cc1c(C)c(C)c(C(C)C)c(C)c1C.Cc1c(C)c(C)c(CC(C)C)c(C)c1C.Cc1ccnc(C(C)C)n1. The van der Waals surface area contributed by atoms with Gasteiger partial charge in [0, 0.05) is 23.9 Å². The number of nitrogens with zero attached hydrogens (tertiary/aromatic N) is 3. The average molecular weight is 798 g/mol. The predicted molar refractivity (Wildman–Crippen MR) is 260 cm³/mol. The first kappa shape index (κ1) is 53.5. The fourth-order valence-corrected chi connectivity index (χ4v) is 8.96. The Kier molecular flexibility index (Phi) is 24.6. The fraction of sp³-hybridized carbons (Fsp3) is 0.709. The minimum atomic E-state index is 0.430. The van der Waals surface area contributed by atoms with Gasteiger partial charge in [-0.2, -0.15) is 0 Å². The quantitative estimate of drug-likeness (QED) is 0.238. The van der Waals surface area contributed by atoms with Gasteiger partial charge >= 0.3 is 0 Å². The molecule has 3 aromatic rings. The highest BCUT2D eigenvalue weighted by Gasteiger charge is 2.16. The topological polar surface area (TPSA) is 29.0 Å². The van der Waals surface area contributed by atoms with Crippen molar-refractivity contribution in [3.8, 4) is 0 Å². The highest BCUT2D eigenvalue weighted by molar-refractivity contribution is 5.51. The molecule has 0 unspecified atom stereocenters. The van der Waals surface area contributed by atoms with E-state index in [1.165, 1.54) is 133 Å². The molecule has 3 nitrogen and oxygen atoms in total. The van der Waals surface area contributed by atoms with Gasteiger partial charge in [-0.1, -0.05) is 93.9 Å². The van der Waals surface area contributed by atoms with Gasteiger partial charge in [-0.25, -0.2) is 9.97 Å². The molecule has 2 aromatic carbocycles. The van der Waals surface area contributed by atoms with E-state index >= 15 is 0 Å². The summed E-state index contributed by atoms with van der Waals surface area (Å²) in [5.74, 6) is 4.73. The van der Waals surface area contributed by atoms with Crippen LogP contribution in [0.25, 0.3) is 0 Å². The van der Waals surface area contributed by atoms with Crippen molar-refractivity contribution in [3.63, 3.8) is 0 Å². The molecule has 0 amide bonds. The van der Waals surface area contributed by atoms with Gasteiger partial charge in [0.2, 0.25) is 0 Å². The number of benzene rings is 2. The first-order valence-corrected chi connectivity index (χ1v) is 23.7. The molecule has 1 saturated carbocycles. The molecule has 0 atom stereocenters. The van der Waals surface area contributed by atoms with E-state index < -0.39 is 0 Å². The number of rotatable bonds is 7. The summed E-state index contributed by atoms with van der Waals surface area (Å²) in [4.78, 5) is 10.9. The predicted octanol–water partition coefficient (Wildman–Crippen LogP) is 16.2. The molecule has 1 aliphatic carbocycles. The van der Waals surface area contributed by atoms with Gasteiger partial charge < -0.3 is 4.90 Å². The van der Waals surface area contributed by atoms with Gasteiger partial charge in [0.05, 0.1) is 0 Å². The van der Waals surface area contributed by atoms with Crippen LogP contribution < -0.4 is 0 Å². The van der Waals surface area contributed by atoms with Gasteiger partial charge in [-0.05, 0) is 225 Å². The number of piperidine rings is 1. The lowest BCUT2D eigenvalue weighted by Crippen LogP contribution is -2.35. The molecule has 2 heterocycles. The molecule has 0 N–H and O–H groups in total. The van der Waals surface area contributed by atoms with Gasteiger partial charge in [-0.15, -0.1) is 0 Å². The lowest BCUT2D eigenvalue weighted by molar-refractivity contribution is 0.185. The van der Waals surface area contributed by atoms with E-state index in [9.17, 15) is 0 Å². The molecule has 1 aromatic heterocycles. The summed E-state index contributed by atoms with van der Waals surface area (Å²) in [7, 11) is 0. The van der Waals surface area contributed by atoms with E-state index in [1.807, 2.05) is 13.0 Å². The lowest BCUT2D eigenvalue weighted by Gasteiger charge is -2.29. The number of hydrogen-bond acceptors (Lipinski definition) is 3. The second-order valence-electron chi connectivity index (χ2n) is 19.9. The Morgan fingerprint density at radius 3 is 1.29 bits per heavy atom. The van der Waals surface area contributed by atoms with Crippen LogP contribution in [0.3, 0.4) is 0 Å². The zero-order valence-corrected chi connectivity index (χ0v) is 42.4. The highest BCUT2D eigenvalue weighted by atomic mass is 15.1. The molecular formula is C55H95N3. The molecule has 0 radical (unpaired) electrons. The Bertz CT molecular complexity index is 1570. The zero-order valence-electron chi connectivity index (χ0n) is 42.4. The van der Waals surface area contributed by atoms with Crippen LogP contribution in [-0.4, -0.2) is 34.0 Å². The maximum Gasteiger partial charge on any atom is 0.131 e. The summed E-state index contributed by atoms with van der Waals surface area (Å²) >= 11 is 0. The highest BCUT2D eigenvalue weighted by Crippen LogP contribution is 2.31. The maximum absolute atomic E-state index is 4.26. The molecule has 2 fully saturated rings. The lowest BCUT2D eigenvalue weighted by atomic mass is 9.84. The third-order valence-corrected chi connectivity index (χ3v) is 13.4. The van der Waals surface area contributed by atoms with Crippen LogP contribution in [-0.2, 0) is 6.42 Å². The average Bonchev–Trinajstić information content (AvgIpc) is 3.18. The van der Waals surface area contributed by atoms with Crippen molar-refractivity contribution < 1.29 is 0 Å². The largest absolute Gasteiger partial charge is 0.301 e. The van der Waals surface area contributed by atoms with Crippen LogP contribution in [0.2, 0.25) is 0 Å². The molecular weight excluding hydrogens is 703 g/mol. The molecule has 0 spiro atoms. The van der Waals surface area contributed by atoms with E-state index in [-0.39, 0.29) is 0 Å². The normalized spacial score (nSPS) is 14.7. The van der Waals surface area contributed by atoms with Crippen molar-refractivity contribution in [2.45, 2.75) is 227 Å². The monoisotopic (exact) mass is 798 g/mol. The molecule has 3 heteroatoms. The smallest absolute Gasteiger partial charge is 0.131 e. The van der Waals surface area contributed by atoms with Crippen molar-refractivity contribution in [1.82, 2.24) is 14.9 Å². The molecule has 330 valence electrons. The summed E-state index contributed by atoms with van der Waals surface area (Å²) in [6.07, 6.45) is 16.3. The zero-order chi connectivity index (χ0) is 44.4. The van der Waals surface area contributed by atoms with Crippen LogP contribution in [0.15, 0.2) is 12.3 Å². The summed E-state index contributed by atoms with van der Waals surface area (Å²) in [6.45, 7) is 49.7. The Balaban J connectivity index is 0.000000368. The fourth-order valence-electron chi connectivity index (χ4n) is 8.96. The van der Waals surface area contributed by atoms with Crippen molar-refractivity contribution in [2.75, 3.05) is 13.1 Å². The molecule has 5 rings (SSSR count). The molecule has 0 bridgehead atoms. The second kappa shape index (κ2) is 26.6. The first-order valence-electron chi connectivity index (χ1n) is 23.7. The van der Waals surface area contributed by atoms with Crippen LogP contribution in [0.4, 0.5) is 0 Å².